The third-order valence-corrected chi connectivity index (χ3v) is 4.72. The number of rotatable bonds is 3. The number of hydrogen-bond donors (Lipinski definition) is 0. The quantitative estimate of drug-likeness (QED) is 0.707. The molecule has 132 valence electrons. The zero-order valence-electron chi connectivity index (χ0n) is 14.4. The van der Waals surface area contributed by atoms with Crippen LogP contribution in [0.2, 0.25) is 0 Å². The zero-order chi connectivity index (χ0) is 17.9. The normalized spacial score (nSPS) is 14.4. The van der Waals surface area contributed by atoms with Gasteiger partial charge in [0.05, 0.1) is 11.4 Å². The lowest BCUT2D eigenvalue weighted by atomic mass is 10.1. The van der Waals surface area contributed by atoms with Gasteiger partial charge in [-0.3, -0.25) is 4.79 Å². The smallest absolute Gasteiger partial charge is 0.272 e. The lowest BCUT2D eigenvalue weighted by molar-refractivity contribution is 0.0715. The number of carbonyl (C=O) groups is 1. The van der Waals surface area contributed by atoms with Gasteiger partial charge in [0.1, 0.15) is 11.5 Å². The van der Waals surface area contributed by atoms with Crippen molar-refractivity contribution in [3.05, 3.63) is 72.2 Å². The summed E-state index contributed by atoms with van der Waals surface area (Å²) in [6, 6.07) is 17.7. The van der Waals surface area contributed by atoms with Crippen LogP contribution >= 0.6 is 0 Å². The molecule has 0 aliphatic carbocycles. The van der Waals surface area contributed by atoms with Crippen LogP contribution in [0.5, 0.6) is 0 Å². The molecule has 0 N–H and O–H groups in total. The number of halogens is 1. The van der Waals surface area contributed by atoms with Crippen LogP contribution in [0.25, 0.3) is 16.9 Å². The van der Waals surface area contributed by atoms with Gasteiger partial charge < -0.3 is 4.90 Å². The highest BCUT2D eigenvalue weighted by Gasteiger charge is 2.24. The van der Waals surface area contributed by atoms with Crippen LogP contribution in [0.1, 0.15) is 29.8 Å². The highest BCUT2D eigenvalue weighted by molar-refractivity contribution is 5.94. The zero-order valence-corrected chi connectivity index (χ0v) is 14.4. The van der Waals surface area contributed by atoms with Crippen LogP contribution in [0.3, 0.4) is 0 Å². The molecule has 0 saturated carbocycles. The van der Waals surface area contributed by atoms with Crippen LogP contribution in [-0.2, 0) is 0 Å². The van der Waals surface area contributed by atoms with E-state index >= 15 is 0 Å². The minimum absolute atomic E-state index is 0.0522. The molecule has 3 aromatic rings. The predicted molar refractivity (Wildman–Crippen MR) is 98.7 cm³/mol. The molecule has 1 amide bonds. The number of amides is 1. The molecule has 1 aliphatic rings. The number of carbonyl (C=O) groups excluding carboxylic acids is 1. The summed E-state index contributed by atoms with van der Waals surface area (Å²) >= 11 is 0. The number of nitrogens with zero attached hydrogens (tertiary/aromatic N) is 3. The van der Waals surface area contributed by atoms with Gasteiger partial charge in [-0.05, 0) is 49.6 Å². The van der Waals surface area contributed by atoms with E-state index in [2.05, 4.69) is 5.10 Å². The number of benzene rings is 2. The number of para-hydroxylation sites is 1. The van der Waals surface area contributed by atoms with Crippen molar-refractivity contribution in [1.29, 1.82) is 0 Å². The Morgan fingerprint density at radius 1 is 0.923 bits per heavy atom. The average Bonchev–Trinajstić information content (AvgIpc) is 3.14. The van der Waals surface area contributed by atoms with Crippen LogP contribution < -0.4 is 0 Å². The molecule has 4 rings (SSSR count). The van der Waals surface area contributed by atoms with Crippen molar-refractivity contribution in [3.63, 3.8) is 0 Å². The maximum atomic E-state index is 14.2. The fraction of sp³-hybridized carbons (Fsp3) is 0.238. The summed E-state index contributed by atoms with van der Waals surface area (Å²) in [5, 5.41) is 4.56. The van der Waals surface area contributed by atoms with Crippen LogP contribution in [0, 0.1) is 5.82 Å². The fourth-order valence-electron chi connectivity index (χ4n) is 3.36. The lowest BCUT2D eigenvalue weighted by Gasteiger charge is -2.26. The summed E-state index contributed by atoms with van der Waals surface area (Å²) in [6.07, 6.45) is 3.19. The van der Waals surface area contributed by atoms with Crippen molar-refractivity contribution in [2.75, 3.05) is 13.1 Å². The van der Waals surface area contributed by atoms with Crippen molar-refractivity contribution in [1.82, 2.24) is 14.7 Å². The van der Waals surface area contributed by atoms with E-state index in [4.69, 9.17) is 0 Å². The van der Waals surface area contributed by atoms with Crippen molar-refractivity contribution < 1.29 is 9.18 Å². The molecule has 2 heterocycles. The second kappa shape index (κ2) is 7.12. The van der Waals surface area contributed by atoms with E-state index in [1.807, 2.05) is 35.2 Å². The molecular weight excluding hydrogens is 329 g/mol. The largest absolute Gasteiger partial charge is 0.337 e. The van der Waals surface area contributed by atoms with E-state index in [1.54, 1.807) is 28.9 Å². The highest BCUT2D eigenvalue weighted by atomic mass is 19.1. The SMILES string of the molecule is O=C(c1cc(-c2ccccc2F)nn1-c1ccccc1)N1CCCCC1. The molecule has 1 fully saturated rings. The molecule has 0 radical (unpaired) electrons. The van der Waals surface area contributed by atoms with Gasteiger partial charge in [-0.1, -0.05) is 30.3 Å². The monoisotopic (exact) mass is 349 g/mol. The Bertz CT molecular complexity index is 914. The summed E-state index contributed by atoms with van der Waals surface area (Å²) < 4.78 is 15.9. The minimum Gasteiger partial charge on any atom is -0.337 e. The van der Waals surface area contributed by atoms with E-state index in [-0.39, 0.29) is 11.7 Å². The second-order valence-electron chi connectivity index (χ2n) is 6.49. The maximum Gasteiger partial charge on any atom is 0.272 e. The Balaban J connectivity index is 1.81. The summed E-state index contributed by atoms with van der Waals surface area (Å²) in [7, 11) is 0. The molecule has 2 aromatic carbocycles. The van der Waals surface area contributed by atoms with Gasteiger partial charge in [-0.15, -0.1) is 0 Å². The Kier molecular flexibility index (Phi) is 4.52. The van der Waals surface area contributed by atoms with E-state index in [0.29, 0.717) is 17.0 Å². The molecule has 1 saturated heterocycles. The first kappa shape index (κ1) is 16.5. The average molecular weight is 349 g/mol. The summed E-state index contributed by atoms with van der Waals surface area (Å²) in [5.74, 6) is -0.397. The molecule has 0 spiro atoms. The predicted octanol–water partition coefficient (Wildman–Crippen LogP) is 4.30. The molecule has 0 bridgehead atoms. The number of aromatic nitrogens is 2. The number of hydrogen-bond acceptors (Lipinski definition) is 2. The van der Waals surface area contributed by atoms with Gasteiger partial charge in [0.15, 0.2) is 0 Å². The minimum atomic E-state index is -0.345. The summed E-state index contributed by atoms with van der Waals surface area (Å²) in [5.41, 5.74) is 2.12. The van der Waals surface area contributed by atoms with Gasteiger partial charge in [0.2, 0.25) is 0 Å². The summed E-state index contributed by atoms with van der Waals surface area (Å²) in [4.78, 5) is 15.0. The fourth-order valence-corrected chi connectivity index (χ4v) is 3.36. The van der Waals surface area contributed by atoms with Crippen LogP contribution in [0.15, 0.2) is 60.7 Å². The van der Waals surface area contributed by atoms with Gasteiger partial charge in [-0.2, -0.15) is 5.10 Å². The molecule has 1 aliphatic heterocycles. The third-order valence-electron chi connectivity index (χ3n) is 4.72. The molecule has 5 heteroatoms. The molecular formula is C21H20FN3O. The van der Waals surface area contributed by atoms with E-state index < -0.39 is 0 Å². The Morgan fingerprint density at radius 3 is 2.35 bits per heavy atom. The Morgan fingerprint density at radius 2 is 1.62 bits per heavy atom. The third kappa shape index (κ3) is 3.12. The van der Waals surface area contributed by atoms with E-state index in [0.717, 1.165) is 38.0 Å². The van der Waals surface area contributed by atoms with E-state index in [9.17, 15) is 9.18 Å². The van der Waals surface area contributed by atoms with Crippen molar-refractivity contribution in [2.24, 2.45) is 0 Å². The first-order chi connectivity index (χ1) is 12.7. The van der Waals surface area contributed by atoms with Crippen LogP contribution in [0.4, 0.5) is 4.39 Å². The van der Waals surface area contributed by atoms with Gasteiger partial charge in [0, 0.05) is 18.7 Å². The van der Waals surface area contributed by atoms with Gasteiger partial charge in [0.25, 0.3) is 5.91 Å². The second-order valence-corrected chi connectivity index (χ2v) is 6.49. The molecule has 0 atom stereocenters. The van der Waals surface area contributed by atoms with Crippen molar-refractivity contribution in [2.45, 2.75) is 19.3 Å². The van der Waals surface area contributed by atoms with E-state index in [1.165, 1.54) is 6.07 Å². The lowest BCUT2D eigenvalue weighted by Crippen LogP contribution is -2.36. The Labute approximate surface area is 151 Å². The topological polar surface area (TPSA) is 38.1 Å². The van der Waals surface area contributed by atoms with Gasteiger partial charge in [-0.25, -0.2) is 9.07 Å². The van der Waals surface area contributed by atoms with Gasteiger partial charge >= 0.3 is 0 Å². The summed E-state index contributed by atoms with van der Waals surface area (Å²) in [6.45, 7) is 1.52. The first-order valence-electron chi connectivity index (χ1n) is 8.94. The number of piperidine rings is 1. The molecule has 4 nitrogen and oxygen atoms in total. The van der Waals surface area contributed by atoms with Crippen molar-refractivity contribution in [3.8, 4) is 16.9 Å². The maximum absolute atomic E-state index is 14.2. The number of likely N-dealkylation sites (tertiary alicyclic amines) is 1. The van der Waals surface area contributed by atoms with Crippen LogP contribution in [-0.4, -0.2) is 33.7 Å². The standard InChI is InChI=1S/C21H20FN3O/c22-18-12-6-5-11-17(18)19-15-20(21(26)24-13-7-2-8-14-24)25(23-19)16-9-3-1-4-10-16/h1,3-6,9-12,15H,2,7-8,13-14H2. The molecule has 1 aromatic heterocycles. The molecule has 26 heavy (non-hydrogen) atoms. The first-order valence-corrected chi connectivity index (χ1v) is 8.94. The Hall–Kier alpha value is -2.95. The molecule has 0 unspecified atom stereocenters. The van der Waals surface area contributed by atoms with Crippen molar-refractivity contribution >= 4 is 5.91 Å². The highest BCUT2D eigenvalue weighted by Crippen LogP contribution is 2.25.